The number of hydrogen-bond acceptors (Lipinski definition) is 3. The lowest BCUT2D eigenvalue weighted by atomic mass is 10.0. The van der Waals surface area contributed by atoms with E-state index in [9.17, 15) is 4.79 Å². The van der Waals surface area contributed by atoms with Crippen LogP contribution in [0.15, 0.2) is 24.3 Å². The number of nitrogens with two attached hydrogens (primary N) is 2. The van der Waals surface area contributed by atoms with E-state index >= 15 is 0 Å². The Hall–Kier alpha value is -1.39. The van der Waals surface area contributed by atoms with E-state index in [1.54, 1.807) is 0 Å². The number of benzene rings is 1. The Bertz CT molecular complexity index is 339. The van der Waals surface area contributed by atoms with Crippen LogP contribution >= 0.6 is 0 Å². The fraction of sp³-hybridized carbons (Fsp3) is 0.364. The van der Waals surface area contributed by atoms with Gasteiger partial charge in [0.2, 0.25) is 0 Å². The highest BCUT2D eigenvalue weighted by Gasteiger charge is 2.08. The Labute approximate surface area is 88.9 Å². The molecule has 0 bridgehead atoms. The van der Waals surface area contributed by atoms with E-state index < -0.39 is 5.97 Å². The summed E-state index contributed by atoms with van der Waals surface area (Å²) in [6.07, 6.45) is 0.562. The zero-order valence-electron chi connectivity index (χ0n) is 8.52. The molecule has 0 saturated carbocycles. The van der Waals surface area contributed by atoms with Crippen LogP contribution in [0, 0.1) is 0 Å². The number of aliphatic carboxylic acids is 1. The summed E-state index contributed by atoms with van der Waals surface area (Å²) < 4.78 is 0. The highest BCUT2D eigenvalue weighted by atomic mass is 16.4. The van der Waals surface area contributed by atoms with Crippen molar-refractivity contribution >= 4 is 5.97 Å². The molecule has 1 aromatic carbocycles. The van der Waals surface area contributed by atoms with Crippen molar-refractivity contribution in [3.63, 3.8) is 0 Å². The lowest BCUT2D eigenvalue weighted by Crippen LogP contribution is -2.26. The lowest BCUT2D eigenvalue weighted by molar-refractivity contribution is -0.137. The minimum atomic E-state index is -0.863. The van der Waals surface area contributed by atoms with Gasteiger partial charge in [-0.2, -0.15) is 0 Å². The van der Waals surface area contributed by atoms with Crippen LogP contribution in [-0.2, 0) is 17.8 Å². The van der Waals surface area contributed by atoms with Gasteiger partial charge in [0.15, 0.2) is 0 Å². The predicted octanol–water partition coefficient (Wildman–Crippen LogP) is 0.490. The zero-order chi connectivity index (χ0) is 11.3. The topological polar surface area (TPSA) is 89.3 Å². The number of carbonyl (C=O) groups is 1. The van der Waals surface area contributed by atoms with Gasteiger partial charge in [0.25, 0.3) is 0 Å². The monoisotopic (exact) mass is 208 g/mol. The van der Waals surface area contributed by atoms with E-state index in [1.165, 1.54) is 0 Å². The van der Waals surface area contributed by atoms with Gasteiger partial charge in [-0.1, -0.05) is 24.3 Å². The summed E-state index contributed by atoms with van der Waals surface area (Å²) in [6, 6.07) is 7.40. The van der Waals surface area contributed by atoms with Crippen LogP contribution in [0.5, 0.6) is 0 Å². The molecule has 4 nitrogen and oxygen atoms in total. The summed E-state index contributed by atoms with van der Waals surface area (Å²) in [5.41, 5.74) is 13.3. The van der Waals surface area contributed by atoms with Crippen molar-refractivity contribution < 1.29 is 9.90 Å². The van der Waals surface area contributed by atoms with Gasteiger partial charge in [-0.15, -0.1) is 0 Å². The highest BCUT2D eigenvalue weighted by molar-refractivity contribution is 5.67. The van der Waals surface area contributed by atoms with Crippen LogP contribution in [0.4, 0.5) is 0 Å². The van der Waals surface area contributed by atoms with Crippen LogP contribution in [0.25, 0.3) is 0 Å². The first-order valence-corrected chi connectivity index (χ1v) is 4.87. The molecule has 0 fully saturated rings. The summed E-state index contributed by atoms with van der Waals surface area (Å²) >= 11 is 0. The normalized spacial score (nSPS) is 12.4. The first-order valence-electron chi connectivity index (χ1n) is 4.87. The van der Waals surface area contributed by atoms with Crippen LogP contribution in [0.2, 0.25) is 0 Å². The summed E-state index contributed by atoms with van der Waals surface area (Å²) in [6.45, 7) is 0.488. The predicted molar refractivity (Wildman–Crippen MR) is 58.3 cm³/mol. The van der Waals surface area contributed by atoms with Gasteiger partial charge >= 0.3 is 5.97 Å². The molecule has 5 N–H and O–H groups in total. The minimum Gasteiger partial charge on any atom is -0.481 e. The third-order valence-corrected chi connectivity index (χ3v) is 2.16. The van der Waals surface area contributed by atoms with Crippen molar-refractivity contribution in [2.45, 2.75) is 25.4 Å². The summed E-state index contributed by atoms with van der Waals surface area (Å²) in [7, 11) is 0. The quantitative estimate of drug-likeness (QED) is 0.657. The van der Waals surface area contributed by atoms with Crippen molar-refractivity contribution in [1.82, 2.24) is 0 Å². The van der Waals surface area contributed by atoms with Crippen molar-refractivity contribution in [2.24, 2.45) is 11.5 Å². The van der Waals surface area contributed by atoms with E-state index in [0.717, 1.165) is 11.1 Å². The summed E-state index contributed by atoms with van der Waals surface area (Å²) in [4.78, 5) is 10.4. The molecule has 0 aromatic heterocycles. The summed E-state index contributed by atoms with van der Waals surface area (Å²) in [5.74, 6) is -0.863. The van der Waals surface area contributed by atoms with Gasteiger partial charge in [-0.05, 0) is 17.5 Å². The van der Waals surface area contributed by atoms with E-state index in [0.29, 0.717) is 13.0 Å². The second kappa shape index (κ2) is 5.48. The van der Waals surface area contributed by atoms with E-state index in [1.807, 2.05) is 24.3 Å². The molecule has 0 spiro atoms. The lowest BCUT2D eigenvalue weighted by Gasteiger charge is -2.09. The van der Waals surface area contributed by atoms with Crippen LogP contribution in [0.3, 0.4) is 0 Å². The van der Waals surface area contributed by atoms with Crippen LogP contribution in [-0.4, -0.2) is 17.1 Å². The Balaban J connectivity index is 2.59. The Kier molecular flexibility index (Phi) is 4.27. The van der Waals surface area contributed by atoms with Crippen molar-refractivity contribution in [2.75, 3.05) is 0 Å². The van der Waals surface area contributed by atoms with Gasteiger partial charge in [0.05, 0.1) is 6.42 Å². The zero-order valence-corrected chi connectivity index (χ0v) is 8.52. The third kappa shape index (κ3) is 4.10. The van der Waals surface area contributed by atoms with Gasteiger partial charge in [0, 0.05) is 12.6 Å². The molecule has 15 heavy (non-hydrogen) atoms. The van der Waals surface area contributed by atoms with Gasteiger partial charge in [0.1, 0.15) is 0 Å². The first kappa shape index (κ1) is 11.7. The van der Waals surface area contributed by atoms with Gasteiger partial charge in [-0.25, -0.2) is 0 Å². The number of carboxylic acid groups (broad SMARTS) is 1. The molecule has 0 aliphatic carbocycles. The molecule has 0 saturated heterocycles. The molecular weight excluding hydrogens is 192 g/mol. The SMILES string of the molecule is NCc1cccc(CC(N)CC(=O)O)c1. The maximum absolute atomic E-state index is 10.4. The highest BCUT2D eigenvalue weighted by Crippen LogP contribution is 2.08. The fourth-order valence-corrected chi connectivity index (χ4v) is 1.48. The third-order valence-electron chi connectivity index (χ3n) is 2.16. The second-order valence-electron chi connectivity index (χ2n) is 3.59. The van der Waals surface area contributed by atoms with E-state index in [2.05, 4.69) is 0 Å². The molecule has 1 rings (SSSR count). The molecule has 0 radical (unpaired) electrons. The van der Waals surface area contributed by atoms with E-state index in [-0.39, 0.29) is 12.5 Å². The molecule has 0 aliphatic heterocycles. The Morgan fingerprint density at radius 2 is 2.07 bits per heavy atom. The Morgan fingerprint density at radius 1 is 1.40 bits per heavy atom. The molecular formula is C11H16N2O2. The van der Waals surface area contributed by atoms with Crippen LogP contribution in [0.1, 0.15) is 17.5 Å². The molecule has 4 heteroatoms. The minimum absolute atomic E-state index is 0.00709. The molecule has 1 aromatic rings. The molecule has 1 unspecified atom stereocenters. The maximum Gasteiger partial charge on any atom is 0.304 e. The first-order chi connectivity index (χ1) is 7.11. The van der Waals surface area contributed by atoms with Gasteiger partial charge in [-0.3, -0.25) is 4.79 Å². The average Bonchev–Trinajstić information content (AvgIpc) is 2.16. The molecule has 1 atom stereocenters. The maximum atomic E-state index is 10.4. The number of rotatable bonds is 5. The van der Waals surface area contributed by atoms with E-state index in [4.69, 9.17) is 16.6 Å². The number of carboxylic acids is 1. The smallest absolute Gasteiger partial charge is 0.304 e. The van der Waals surface area contributed by atoms with Crippen molar-refractivity contribution in [3.8, 4) is 0 Å². The molecule has 0 amide bonds. The van der Waals surface area contributed by atoms with Crippen molar-refractivity contribution in [1.29, 1.82) is 0 Å². The van der Waals surface area contributed by atoms with Crippen LogP contribution < -0.4 is 11.5 Å². The second-order valence-corrected chi connectivity index (χ2v) is 3.59. The van der Waals surface area contributed by atoms with Crippen molar-refractivity contribution in [3.05, 3.63) is 35.4 Å². The fourth-order valence-electron chi connectivity index (χ4n) is 1.48. The average molecular weight is 208 g/mol. The largest absolute Gasteiger partial charge is 0.481 e. The Morgan fingerprint density at radius 3 is 2.67 bits per heavy atom. The molecule has 0 aliphatic rings. The molecule has 0 heterocycles. The number of hydrogen-bond donors (Lipinski definition) is 3. The molecule has 82 valence electrons. The standard InChI is InChI=1S/C11H16N2O2/c12-7-9-3-1-2-8(4-9)5-10(13)6-11(14)15/h1-4,10H,5-7,12-13H2,(H,14,15). The van der Waals surface area contributed by atoms with Gasteiger partial charge < -0.3 is 16.6 Å². The summed E-state index contributed by atoms with van der Waals surface area (Å²) in [5, 5.41) is 8.56.